The fourth-order valence-corrected chi connectivity index (χ4v) is 4.16. The fourth-order valence-electron chi connectivity index (χ4n) is 4.16. The molecule has 1 aromatic heterocycles. The smallest absolute Gasteiger partial charge is 0.257 e. The van der Waals surface area contributed by atoms with Crippen molar-refractivity contribution in [1.82, 2.24) is 9.88 Å². The summed E-state index contributed by atoms with van der Waals surface area (Å²) in [4.78, 5) is 28.2. The van der Waals surface area contributed by atoms with Gasteiger partial charge >= 0.3 is 0 Å². The van der Waals surface area contributed by atoms with Gasteiger partial charge < -0.3 is 19.5 Å². The second-order valence-electron chi connectivity index (χ2n) is 8.33. The van der Waals surface area contributed by atoms with Crippen LogP contribution in [-0.2, 0) is 17.8 Å². The van der Waals surface area contributed by atoms with Gasteiger partial charge in [0.25, 0.3) is 5.91 Å². The summed E-state index contributed by atoms with van der Waals surface area (Å²) < 4.78 is 22.5. The number of carbonyl (C=O) groups is 1. The standard InChI is InChI=1S/C26H27FN4O3/c1-2-3-7-31-17-21(26(33)29-16-19-6-4-5-18(12-19)15-28)25(32)24-22(27)13-20(14-23(24)31)30-8-10-34-11-9-30/h4-6,12-14,17H,2-3,7-11,16H2,1H3,(H,29,33). The van der Waals surface area contributed by atoms with Crippen LogP contribution in [0.4, 0.5) is 10.1 Å². The van der Waals surface area contributed by atoms with Gasteiger partial charge in [0.05, 0.1) is 35.7 Å². The van der Waals surface area contributed by atoms with Gasteiger partial charge in [-0.15, -0.1) is 0 Å². The number of hydrogen-bond donors (Lipinski definition) is 1. The van der Waals surface area contributed by atoms with E-state index >= 15 is 4.39 Å². The number of aromatic nitrogens is 1. The molecule has 176 valence electrons. The Bertz CT molecular complexity index is 1310. The number of morpholine rings is 1. The fraction of sp³-hybridized carbons (Fsp3) is 0.346. The first-order valence-electron chi connectivity index (χ1n) is 11.5. The van der Waals surface area contributed by atoms with E-state index < -0.39 is 17.2 Å². The lowest BCUT2D eigenvalue weighted by molar-refractivity contribution is 0.0949. The summed E-state index contributed by atoms with van der Waals surface area (Å²) in [6.45, 7) is 5.20. The summed E-state index contributed by atoms with van der Waals surface area (Å²) in [5, 5.41) is 11.7. The molecule has 1 aliphatic heterocycles. The zero-order chi connectivity index (χ0) is 24.1. The van der Waals surface area contributed by atoms with Crippen LogP contribution in [0.5, 0.6) is 0 Å². The second kappa shape index (κ2) is 10.5. The van der Waals surface area contributed by atoms with Gasteiger partial charge in [-0.25, -0.2) is 4.39 Å². The summed E-state index contributed by atoms with van der Waals surface area (Å²) in [5.41, 5.74) is 1.68. The van der Waals surface area contributed by atoms with E-state index in [-0.39, 0.29) is 17.5 Å². The van der Waals surface area contributed by atoms with Gasteiger partial charge in [0.1, 0.15) is 11.4 Å². The van der Waals surface area contributed by atoms with Crippen LogP contribution in [0.25, 0.3) is 10.9 Å². The van der Waals surface area contributed by atoms with Crippen LogP contribution in [0, 0.1) is 17.1 Å². The molecule has 4 rings (SSSR count). The van der Waals surface area contributed by atoms with E-state index in [1.165, 1.54) is 12.3 Å². The monoisotopic (exact) mass is 462 g/mol. The molecule has 1 fully saturated rings. The minimum absolute atomic E-state index is 0.0766. The number of nitriles is 1. The second-order valence-corrected chi connectivity index (χ2v) is 8.33. The third-order valence-electron chi connectivity index (χ3n) is 6.00. The summed E-state index contributed by atoms with van der Waals surface area (Å²) in [6.07, 6.45) is 3.27. The zero-order valence-electron chi connectivity index (χ0n) is 19.1. The van der Waals surface area contributed by atoms with Crippen molar-refractivity contribution >= 4 is 22.5 Å². The molecular formula is C26H27FN4O3. The number of halogens is 1. The molecule has 8 heteroatoms. The first-order valence-corrected chi connectivity index (χ1v) is 11.5. The van der Waals surface area contributed by atoms with Gasteiger partial charge in [0, 0.05) is 38.1 Å². The summed E-state index contributed by atoms with van der Waals surface area (Å²) in [6, 6.07) is 12.1. The highest BCUT2D eigenvalue weighted by atomic mass is 19.1. The van der Waals surface area contributed by atoms with Gasteiger partial charge in [0.15, 0.2) is 0 Å². The number of amides is 1. The Morgan fingerprint density at radius 3 is 2.76 bits per heavy atom. The maximum Gasteiger partial charge on any atom is 0.257 e. The highest BCUT2D eigenvalue weighted by Crippen LogP contribution is 2.25. The summed E-state index contributed by atoms with van der Waals surface area (Å²) in [7, 11) is 0. The molecule has 2 aromatic carbocycles. The van der Waals surface area contributed by atoms with E-state index in [1.54, 1.807) is 28.8 Å². The first-order chi connectivity index (χ1) is 16.5. The summed E-state index contributed by atoms with van der Waals surface area (Å²) >= 11 is 0. The van der Waals surface area contributed by atoms with Gasteiger partial charge in [-0.2, -0.15) is 5.26 Å². The molecule has 0 saturated carbocycles. The molecule has 1 amide bonds. The van der Waals surface area contributed by atoms with Crippen LogP contribution in [-0.4, -0.2) is 36.8 Å². The van der Waals surface area contributed by atoms with E-state index in [0.29, 0.717) is 49.6 Å². The molecule has 1 saturated heterocycles. The van der Waals surface area contributed by atoms with E-state index in [4.69, 9.17) is 10.00 Å². The number of fused-ring (bicyclic) bond motifs is 1. The van der Waals surface area contributed by atoms with E-state index in [1.807, 2.05) is 17.9 Å². The highest BCUT2D eigenvalue weighted by molar-refractivity contribution is 5.98. The largest absolute Gasteiger partial charge is 0.378 e. The molecular weight excluding hydrogens is 435 g/mol. The van der Waals surface area contributed by atoms with E-state index in [9.17, 15) is 9.59 Å². The average Bonchev–Trinajstić information content (AvgIpc) is 2.87. The number of nitrogens with one attached hydrogen (secondary N) is 1. The number of benzene rings is 2. The molecule has 0 bridgehead atoms. The molecule has 0 atom stereocenters. The molecule has 1 N–H and O–H groups in total. The number of rotatable bonds is 7. The third kappa shape index (κ3) is 4.95. The highest BCUT2D eigenvalue weighted by Gasteiger charge is 2.21. The molecule has 0 aliphatic carbocycles. The van der Waals surface area contributed by atoms with Crippen molar-refractivity contribution in [3.63, 3.8) is 0 Å². The van der Waals surface area contributed by atoms with Crippen molar-refractivity contribution in [2.24, 2.45) is 0 Å². The van der Waals surface area contributed by atoms with Gasteiger partial charge in [-0.05, 0) is 36.2 Å². The topological polar surface area (TPSA) is 87.4 Å². The first kappa shape index (κ1) is 23.5. The van der Waals surface area contributed by atoms with Crippen LogP contribution in [0.1, 0.15) is 41.3 Å². The Morgan fingerprint density at radius 1 is 1.24 bits per heavy atom. The Labute approximate surface area is 197 Å². The number of unbranched alkanes of at least 4 members (excludes halogenated alkanes) is 1. The van der Waals surface area contributed by atoms with Gasteiger partial charge in [-0.3, -0.25) is 9.59 Å². The molecule has 0 unspecified atom stereocenters. The van der Waals surface area contributed by atoms with Crippen molar-refractivity contribution in [2.45, 2.75) is 32.9 Å². The van der Waals surface area contributed by atoms with Crippen LogP contribution in [0.15, 0.2) is 47.4 Å². The van der Waals surface area contributed by atoms with Crippen molar-refractivity contribution < 1.29 is 13.9 Å². The Balaban J connectivity index is 1.71. The predicted octanol–water partition coefficient (Wildman–Crippen LogP) is 3.58. The number of pyridine rings is 1. The quantitative estimate of drug-likeness (QED) is 0.580. The molecule has 34 heavy (non-hydrogen) atoms. The molecule has 3 aromatic rings. The minimum atomic E-state index is -0.634. The number of aryl methyl sites for hydroxylation is 1. The number of anilines is 1. The van der Waals surface area contributed by atoms with Crippen molar-refractivity contribution in [2.75, 3.05) is 31.2 Å². The predicted molar refractivity (Wildman–Crippen MR) is 128 cm³/mol. The normalized spacial score (nSPS) is 13.6. The van der Waals surface area contributed by atoms with E-state index in [2.05, 4.69) is 11.4 Å². The lowest BCUT2D eigenvalue weighted by atomic mass is 10.1. The average molecular weight is 463 g/mol. The number of nitrogens with zero attached hydrogens (tertiary/aromatic N) is 3. The Hall–Kier alpha value is -3.70. The molecule has 0 spiro atoms. The molecule has 7 nitrogen and oxygen atoms in total. The van der Waals surface area contributed by atoms with Crippen LogP contribution in [0.3, 0.4) is 0 Å². The lowest BCUT2D eigenvalue weighted by Crippen LogP contribution is -2.36. The van der Waals surface area contributed by atoms with Crippen LogP contribution in [0.2, 0.25) is 0 Å². The third-order valence-corrected chi connectivity index (χ3v) is 6.00. The minimum Gasteiger partial charge on any atom is -0.378 e. The zero-order valence-corrected chi connectivity index (χ0v) is 19.1. The lowest BCUT2D eigenvalue weighted by Gasteiger charge is -2.29. The number of ether oxygens (including phenoxy) is 1. The van der Waals surface area contributed by atoms with Gasteiger partial charge in [-0.1, -0.05) is 25.5 Å². The van der Waals surface area contributed by atoms with Crippen LogP contribution < -0.4 is 15.6 Å². The molecule has 1 aliphatic rings. The Kier molecular flexibility index (Phi) is 7.24. The SMILES string of the molecule is CCCCn1cc(C(=O)NCc2cccc(C#N)c2)c(=O)c2c(F)cc(N3CCOCC3)cc21. The van der Waals surface area contributed by atoms with Crippen LogP contribution >= 0.6 is 0 Å². The molecule has 0 radical (unpaired) electrons. The summed E-state index contributed by atoms with van der Waals surface area (Å²) in [5.74, 6) is -1.21. The number of carbonyl (C=O) groups excluding carboxylic acids is 1. The Morgan fingerprint density at radius 2 is 2.03 bits per heavy atom. The van der Waals surface area contributed by atoms with Crippen molar-refractivity contribution in [1.29, 1.82) is 5.26 Å². The maximum atomic E-state index is 15.3. The van der Waals surface area contributed by atoms with E-state index in [0.717, 1.165) is 18.4 Å². The maximum absolute atomic E-state index is 15.3. The van der Waals surface area contributed by atoms with Gasteiger partial charge in [0.2, 0.25) is 5.43 Å². The van der Waals surface area contributed by atoms with Crippen molar-refractivity contribution in [3.8, 4) is 6.07 Å². The van der Waals surface area contributed by atoms with Crippen molar-refractivity contribution in [3.05, 3.63) is 75.3 Å². The molecule has 2 heterocycles. The number of hydrogen-bond acceptors (Lipinski definition) is 5.